The van der Waals surface area contributed by atoms with E-state index >= 15 is 0 Å². The molecule has 0 aliphatic rings. The summed E-state index contributed by atoms with van der Waals surface area (Å²) in [6.07, 6.45) is 0. The van der Waals surface area contributed by atoms with Gasteiger partial charge in [0.25, 0.3) is 0 Å². The molecule has 0 saturated heterocycles. The van der Waals surface area contributed by atoms with Crippen LogP contribution in [0.1, 0.15) is 10.4 Å². The first-order valence-corrected chi connectivity index (χ1v) is 6.96. The molecular formula is C15H13BrFNO3. The molecule has 0 saturated carbocycles. The number of carbonyl (C=O) groups is 1. The van der Waals surface area contributed by atoms with Gasteiger partial charge in [0, 0.05) is 4.47 Å². The van der Waals surface area contributed by atoms with Crippen molar-refractivity contribution in [2.45, 2.75) is 0 Å². The summed E-state index contributed by atoms with van der Waals surface area (Å²) < 4.78 is 23.9. The van der Waals surface area contributed by atoms with E-state index in [1.54, 1.807) is 12.1 Å². The molecule has 0 spiro atoms. The van der Waals surface area contributed by atoms with E-state index in [2.05, 4.69) is 15.9 Å². The number of benzene rings is 2. The minimum Gasteiger partial charge on any atom is -0.490 e. The zero-order valence-corrected chi connectivity index (χ0v) is 12.6. The Hall–Kier alpha value is -2.08. The van der Waals surface area contributed by atoms with E-state index in [1.165, 1.54) is 6.07 Å². The number of rotatable bonds is 5. The van der Waals surface area contributed by atoms with Crippen LogP contribution in [0.25, 0.3) is 0 Å². The van der Waals surface area contributed by atoms with Gasteiger partial charge >= 0.3 is 5.97 Å². The highest BCUT2D eigenvalue weighted by molar-refractivity contribution is 9.10. The largest absolute Gasteiger partial charge is 0.490 e. The van der Waals surface area contributed by atoms with Gasteiger partial charge in [0.2, 0.25) is 0 Å². The molecule has 0 heterocycles. The van der Waals surface area contributed by atoms with Crippen LogP contribution in [0.2, 0.25) is 0 Å². The normalized spacial score (nSPS) is 10.2. The van der Waals surface area contributed by atoms with Gasteiger partial charge in [0.15, 0.2) is 0 Å². The Morgan fingerprint density at radius 3 is 2.62 bits per heavy atom. The predicted molar refractivity (Wildman–Crippen MR) is 80.7 cm³/mol. The van der Waals surface area contributed by atoms with Crippen molar-refractivity contribution >= 4 is 27.6 Å². The van der Waals surface area contributed by atoms with Gasteiger partial charge in [-0.1, -0.05) is 18.2 Å². The summed E-state index contributed by atoms with van der Waals surface area (Å²) in [6.45, 7) is 0.307. The summed E-state index contributed by atoms with van der Waals surface area (Å²) in [4.78, 5) is 11.9. The quantitative estimate of drug-likeness (QED) is 0.508. The summed E-state index contributed by atoms with van der Waals surface area (Å²) in [6, 6.07) is 11.5. The third kappa shape index (κ3) is 4.19. The first-order chi connectivity index (χ1) is 10.1. The molecule has 0 bridgehead atoms. The summed E-state index contributed by atoms with van der Waals surface area (Å²) in [5, 5.41) is 0. The fourth-order valence-corrected chi connectivity index (χ4v) is 2.09. The summed E-state index contributed by atoms with van der Waals surface area (Å²) in [7, 11) is 0. The first kappa shape index (κ1) is 15.3. The van der Waals surface area contributed by atoms with E-state index in [1.807, 2.05) is 18.2 Å². The molecule has 0 fully saturated rings. The molecule has 0 amide bonds. The number of anilines is 1. The molecule has 2 N–H and O–H groups in total. The third-order valence-electron chi connectivity index (χ3n) is 2.63. The molecule has 2 rings (SSSR count). The Morgan fingerprint density at radius 2 is 1.90 bits per heavy atom. The van der Waals surface area contributed by atoms with E-state index in [0.29, 0.717) is 10.2 Å². The molecule has 0 aliphatic carbocycles. The van der Waals surface area contributed by atoms with Crippen molar-refractivity contribution in [3.8, 4) is 5.75 Å². The third-order valence-corrected chi connectivity index (χ3v) is 3.29. The number of hydrogen-bond acceptors (Lipinski definition) is 4. The molecule has 0 unspecified atom stereocenters. The van der Waals surface area contributed by atoms with Crippen LogP contribution in [0.15, 0.2) is 46.9 Å². The molecule has 6 heteroatoms. The van der Waals surface area contributed by atoms with Gasteiger partial charge in [-0.3, -0.25) is 0 Å². The van der Waals surface area contributed by atoms with E-state index in [-0.39, 0.29) is 24.5 Å². The van der Waals surface area contributed by atoms with Gasteiger partial charge in [-0.05, 0) is 40.2 Å². The molecular weight excluding hydrogens is 341 g/mol. The summed E-state index contributed by atoms with van der Waals surface area (Å²) in [5.41, 5.74) is 5.50. The van der Waals surface area contributed by atoms with Gasteiger partial charge in [-0.15, -0.1) is 0 Å². The molecule has 0 atom stereocenters. The maximum Gasteiger partial charge on any atom is 0.339 e. The maximum absolute atomic E-state index is 13.2. The number of carbonyl (C=O) groups excluding carboxylic acids is 1. The molecule has 0 aromatic heterocycles. The lowest BCUT2D eigenvalue weighted by Crippen LogP contribution is -2.13. The second kappa shape index (κ2) is 7.08. The molecule has 110 valence electrons. The van der Waals surface area contributed by atoms with Crippen LogP contribution in [-0.4, -0.2) is 19.2 Å². The summed E-state index contributed by atoms with van der Waals surface area (Å²) in [5.74, 6) is -0.489. The second-order valence-corrected chi connectivity index (χ2v) is 5.01. The van der Waals surface area contributed by atoms with Crippen molar-refractivity contribution in [1.29, 1.82) is 0 Å². The smallest absolute Gasteiger partial charge is 0.339 e. The van der Waals surface area contributed by atoms with Gasteiger partial charge < -0.3 is 15.2 Å². The average Bonchev–Trinajstić information content (AvgIpc) is 2.48. The van der Waals surface area contributed by atoms with E-state index in [9.17, 15) is 9.18 Å². The highest BCUT2D eigenvalue weighted by atomic mass is 79.9. The topological polar surface area (TPSA) is 61.6 Å². The fraction of sp³-hybridized carbons (Fsp3) is 0.133. The Labute approximate surface area is 129 Å². The van der Waals surface area contributed by atoms with Crippen molar-refractivity contribution in [3.05, 3.63) is 58.3 Å². The fourth-order valence-electron chi connectivity index (χ4n) is 1.61. The second-order valence-electron chi connectivity index (χ2n) is 4.15. The lowest BCUT2D eigenvalue weighted by molar-refractivity contribution is 0.0449. The Balaban J connectivity index is 1.86. The van der Waals surface area contributed by atoms with Crippen LogP contribution < -0.4 is 10.5 Å². The lowest BCUT2D eigenvalue weighted by Gasteiger charge is -2.09. The van der Waals surface area contributed by atoms with Crippen molar-refractivity contribution in [2.24, 2.45) is 0 Å². The Morgan fingerprint density at radius 1 is 1.19 bits per heavy atom. The Kier molecular flexibility index (Phi) is 5.16. The number of hydrogen-bond donors (Lipinski definition) is 1. The van der Waals surface area contributed by atoms with Gasteiger partial charge in [-0.25, -0.2) is 9.18 Å². The lowest BCUT2D eigenvalue weighted by atomic mass is 10.2. The van der Waals surface area contributed by atoms with Gasteiger partial charge in [-0.2, -0.15) is 0 Å². The molecule has 0 aliphatic heterocycles. The van der Waals surface area contributed by atoms with Crippen LogP contribution >= 0.6 is 15.9 Å². The molecule has 2 aromatic carbocycles. The first-order valence-electron chi connectivity index (χ1n) is 6.17. The van der Waals surface area contributed by atoms with Crippen LogP contribution in [0.4, 0.5) is 10.1 Å². The van der Waals surface area contributed by atoms with E-state index < -0.39 is 11.8 Å². The number of esters is 1. The monoisotopic (exact) mass is 353 g/mol. The number of halogens is 2. The highest BCUT2D eigenvalue weighted by Crippen LogP contribution is 2.23. The van der Waals surface area contributed by atoms with Crippen LogP contribution in [0.5, 0.6) is 5.75 Å². The van der Waals surface area contributed by atoms with E-state index in [0.717, 1.165) is 6.07 Å². The van der Waals surface area contributed by atoms with E-state index in [4.69, 9.17) is 15.2 Å². The average molecular weight is 354 g/mol. The zero-order valence-electron chi connectivity index (χ0n) is 11.0. The van der Waals surface area contributed by atoms with Crippen molar-refractivity contribution < 1.29 is 18.7 Å². The number of nitrogens with two attached hydrogens (primary N) is 1. The van der Waals surface area contributed by atoms with Crippen LogP contribution in [0, 0.1) is 5.82 Å². The zero-order chi connectivity index (χ0) is 15.2. The highest BCUT2D eigenvalue weighted by Gasteiger charge is 2.14. The minimum absolute atomic E-state index is 0.0808. The molecule has 4 nitrogen and oxygen atoms in total. The number of nitrogen functional groups attached to an aromatic ring is 1. The van der Waals surface area contributed by atoms with Crippen LogP contribution in [-0.2, 0) is 4.74 Å². The Bertz CT molecular complexity index is 634. The maximum atomic E-state index is 13.2. The van der Waals surface area contributed by atoms with Gasteiger partial charge in [0.1, 0.15) is 24.8 Å². The molecule has 0 radical (unpaired) electrons. The van der Waals surface area contributed by atoms with Crippen molar-refractivity contribution in [2.75, 3.05) is 18.9 Å². The number of ether oxygens (including phenoxy) is 2. The van der Waals surface area contributed by atoms with Crippen LogP contribution in [0.3, 0.4) is 0 Å². The summed E-state index contributed by atoms with van der Waals surface area (Å²) >= 11 is 3.10. The minimum atomic E-state index is -0.592. The predicted octanol–water partition coefficient (Wildman–Crippen LogP) is 3.41. The SMILES string of the molecule is Nc1cc(C(=O)OCCOc2ccccc2)c(Br)cc1F. The van der Waals surface area contributed by atoms with Gasteiger partial charge in [0.05, 0.1) is 11.3 Å². The molecule has 21 heavy (non-hydrogen) atoms. The number of para-hydroxylation sites is 1. The van der Waals surface area contributed by atoms with Crippen molar-refractivity contribution in [3.63, 3.8) is 0 Å². The molecule has 2 aromatic rings. The van der Waals surface area contributed by atoms with Crippen molar-refractivity contribution in [1.82, 2.24) is 0 Å². The standard InChI is InChI=1S/C15H13BrFNO3/c16-12-9-13(17)14(18)8-11(12)15(19)21-7-6-20-10-4-2-1-3-5-10/h1-5,8-9H,6-7,18H2.